The number of hydrogen-bond acceptors (Lipinski definition) is 4. The van der Waals surface area contributed by atoms with Crippen molar-refractivity contribution in [2.75, 3.05) is 25.1 Å². The molecule has 2 aliphatic rings. The average molecular weight is 362 g/mol. The molecule has 1 fully saturated rings. The van der Waals surface area contributed by atoms with E-state index in [2.05, 4.69) is 20.7 Å². The highest BCUT2D eigenvalue weighted by Crippen LogP contribution is 2.46. The Bertz CT molecular complexity index is 613. The third-order valence-electron chi connectivity index (χ3n) is 3.70. The maximum Gasteiger partial charge on any atom is 0.240 e. The minimum absolute atomic E-state index is 0.0981. The topological polar surface area (TPSA) is 64.6 Å². The van der Waals surface area contributed by atoms with Crippen molar-refractivity contribution in [1.29, 1.82) is 0 Å². The number of sulfonamides is 1. The second-order valence-corrected chi connectivity index (χ2v) is 7.59. The molecule has 0 spiro atoms. The van der Waals surface area contributed by atoms with Crippen molar-refractivity contribution < 1.29 is 17.9 Å². The fourth-order valence-corrected chi connectivity index (χ4v) is 3.99. The summed E-state index contributed by atoms with van der Waals surface area (Å²) in [5, 5.41) is 0.823. The van der Waals surface area contributed by atoms with Gasteiger partial charge in [0, 0.05) is 17.9 Å². The minimum Gasteiger partial charge on any atom is -0.486 e. The van der Waals surface area contributed by atoms with Gasteiger partial charge in [-0.2, -0.15) is 0 Å². The first-order valence-electron chi connectivity index (χ1n) is 6.50. The second kappa shape index (κ2) is 5.20. The molecule has 1 N–H and O–H groups in total. The number of nitrogens with one attached hydrogen (secondary N) is 1. The molecular formula is C13H16BrNO4S. The molecule has 1 aliphatic carbocycles. The van der Waals surface area contributed by atoms with E-state index in [1.807, 2.05) is 0 Å². The van der Waals surface area contributed by atoms with Gasteiger partial charge >= 0.3 is 0 Å². The summed E-state index contributed by atoms with van der Waals surface area (Å²) in [5.41, 5.74) is 0.0981. The molecule has 0 atom stereocenters. The summed E-state index contributed by atoms with van der Waals surface area (Å²) in [6.45, 7) is 1.40. The zero-order chi connectivity index (χ0) is 14.2. The number of fused-ring (bicyclic) bond motifs is 1. The normalized spacial score (nSPS) is 19.6. The van der Waals surface area contributed by atoms with E-state index in [1.54, 1.807) is 12.1 Å². The zero-order valence-electron chi connectivity index (χ0n) is 10.9. The van der Waals surface area contributed by atoms with Crippen LogP contribution in [0.5, 0.6) is 11.5 Å². The fourth-order valence-electron chi connectivity index (χ4n) is 2.06. The molecule has 1 saturated carbocycles. The van der Waals surface area contributed by atoms with Gasteiger partial charge in [-0.25, -0.2) is 13.1 Å². The number of ether oxygens (including phenoxy) is 2. The highest BCUT2D eigenvalue weighted by Gasteiger charge is 2.42. The van der Waals surface area contributed by atoms with Crippen molar-refractivity contribution in [3.63, 3.8) is 0 Å². The van der Waals surface area contributed by atoms with Crippen molar-refractivity contribution in [1.82, 2.24) is 4.72 Å². The van der Waals surface area contributed by atoms with Crippen LogP contribution in [0.25, 0.3) is 0 Å². The molecule has 20 heavy (non-hydrogen) atoms. The van der Waals surface area contributed by atoms with E-state index >= 15 is 0 Å². The third-order valence-corrected chi connectivity index (χ3v) is 6.29. The Hall–Kier alpha value is -0.790. The molecule has 0 bridgehead atoms. The van der Waals surface area contributed by atoms with E-state index in [-0.39, 0.29) is 10.3 Å². The Balaban J connectivity index is 1.77. The molecule has 0 amide bonds. The molecule has 0 unspecified atom stereocenters. The summed E-state index contributed by atoms with van der Waals surface area (Å²) < 4.78 is 38.1. The van der Waals surface area contributed by atoms with Crippen molar-refractivity contribution in [2.45, 2.75) is 17.7 Å². The minimum atomic E-state index is -3.50. The molecule has 0 aromatic heterocycles. The lowest BCUT2D eigenvalue weighted by atomic mass is 10.1. The van der Waals surface area contributed by atoms with Crippen LogP contribution < -0.4 is 14.2 Å². The van der Waals surface area contributed by atoms with Crippen LogP contribution in [0.15, 0.2) is 23.1 Å². The fraction of sp³-hybridized carbons (Fsp3) is 0.538. The van der Waals surface area contributed by atoms with E-state index in [4.69, 9.17) is 9.47 Å². The van der Waals surface area contributed by atoms with Crippen LogP contribution in [-0.4, -0.2) is 33.5 Å². The standard InChI is InChI=1S/C13H16BrNO4S/c14-8-13(3-4-13)9-15-20(16,17)10-1-2-11-12(7-10)19-6-5-18-11/h1-2,7,15H,3-6,8-9H2. The summed E-state index contributed by atoms with van der Waals surface area (Å²) in [6.07, 6.45) is 2.11. The van der Waals surface area contributed by atoms with Gasteiger partial charge in [0.25, 0.3) is 0 Å². The predicted octanol–water partition coefficient (Wildman–Crippen LogP) is 1.91. The van der Waals surface area contributed by atoms with Crippen LogP contribution in [0.1, 0.15) is 12.8 Å². The maximum absolute atomic E-state index is 12.3. The second-order valence-electron chi connectivity index (χ2n) is 5.26. The SMILES string of the molecule is O=S(=O)(NCC1(CBr)CC1)c1ccc2c(c1)OCCO2. The highest BCUT2D eigenvalue weighted by molar-refractivity contribution is 9.09. The van der Waals surface area contributed by atoms with Crippen molar-refractivity contribution in [3.8, 4) is 11.5 Å². The Morgan fingerprint density at radius 2 is 1.90 bits per heavy atom. The number of halogens is 1. The smallest absolute Gasteiger partial charge is 0.240 e. The lowest BCUT2D eigenvalue weighted by Gasteiger charge is -2.19. The van der Waals surface area contributed by atoms with Crippen molar-refractivity contribution in [3.05, 3.63) is 18.2 Å². The molecule has 1 aliphatic heterocycles. The van der Waals surface area contributed by atoms with Gasteiger partial charge in [-0.3, -0.25) is 0 Å². The van der Waals surface area contributed by atoms with Crippen molar-refractivity contribution in [2.24, 2.45) is 5.41 Å². The first-order valence-corrected chi connectivity index (χ1v) is 9.10. The number of benzene rings is 1. The maximum atomic E-state index is 12.3. The Labute approximate surface area is 126 Å². The van der Waals surface area contributed by atoms with E-state index in [0.29, 0.717) is 31.3 Å². The van der Waals surface area contributed by atoms with Gasteiger partial charge < -0.3 is 9.47 Å². The van der Waals surface area contributed by atoms with Crippen LogP contribution in [0.4, 0.5) is 0 Å². The van der Waals surface area contributed by atoms with Gasteiger partial charge in [0.2, 0.25) is 10.0 Å². The van der Waals surface area contributed by atoms with Gasteiger partial charge in [0.05, 0.1) is 4.90 Å². The van der Waals surface area contributed by atoms with Crippen LogP contribution in [0.3, 0.4) is 0 Å². The number of hydrogen-bond donors (Lipinski definition) is 1. The largest absolute Gasteiger partial charge is 0.486 e. The summed E-state index contributed by atoms with van der Waals surface area (Å²) in [7, 11) is -3.50. The van der Waals surface area contributed by atoms with Gasteiger partial charge in [-0.05, 0) is 30.4 Å². The lowest BCUT2D eigenvalue weighted by molar-refractivity contribution is 0.171. The lowest BCUT2D eigenvalue weighted by Crippen LogP contribution is -2.31. The molecule has 0 saturated heterocycles. The molecule has 7 heteroatoms. The van der Waals surface area contributed by atoms with E-state index in [0.717, 1.165) is 18.2 Å². The monoisotopic (exact) mass is 361 g/mol. The van der Waals surface area contributed by atoms with Gasteiger partial charge in [0.15, 0.2) is 11.5 Å². The first kappa shape index (κ1) is 14.2. The Morgan fingerprint density at radius 3 is 2.55 bits per heavy atom. The van der Waals surface area contributed by atoms with Crippen LogP contribution in [-0.2, 0) is 10.0 Å². The highest BCUT2D eigenvalue weighted by atomic mass is 79.9. The van der Waals surface area contributed by atoms with Crippen LogP contribution in [0, 0.1) is 5.41 Å². The number of rotatable bonds is 5. The van der Waals surface area contributed by atoms with E-state index in [1.165, 1.54) is 6.07 Å². The van der Waals surface area contributed by atoms with Crippen molar-refractivity contribution >= 4 is 26.0 Å². The summed E-state index contributed by atoms with van der Waals surface area (Å²) >= 11 is 3.44. The quantitative estimate of drug-likeness (QED) is 0.813. The molecule has 5 nitrogen and oxygen atoms in total. The Morgan fingerprint density at radius 1 is 1.20 bits per heavy atom. The van der Waals surface area contributed by atoms with Crippen LogP contribution >= 0.6 is 15.9 Å². The summed E-state index contributed by atoms with van der Waals surface area (Å²) in [5.74, 6) is 1.08. The Kier molecular flexibility index (Phi) is 3.68. The van der Waals surface area contributed by atoms with E-state index in [9.17, 15) is 8.42 Å². The van der Waals surface area contributed by atoms with Crippen LogP contribution in [0.2, 0.25) is 0 Å². The zero-order valence-corrected chi connectivity index (χ0v) is 13.3. The van der Waals surface area contributed by atoms with Gasteiger partial charge in [-0.15, -0.1) is 0 Å². The average Bonchev–Trinajstić information content (AvgIpc) is 3.25. The molecular weight excluding hydrogens is 346 g/mol. The molecule has 110 valence electrons. The molecule has 3 rings (SSSR count). The van der Waals surface area contributed by atoms with Gasteiger partial charge in [0.1, 0.15) is 13.2 Å². The first-order chi connectivity index (χ1) is 9.55. The summed E-state index contributed by atoms with van der Waals surface area (Å²) in [4.78, 5) is 0.215. The summed E-state index contributed by atoms with van der Waals surface area (Å²) in [6, 6.07) is 4.70. The molecule has 0 radical (unpaired) electrons. The van der Waals surface area contributed by atoms with E-state index < -0.39 is 10.0 Å². The number of alkyl halides is 1. The molecule has 1 aromatic carbocycles. The van der Waals surface area contributed by atoms with Gasteiger partial charge in [-0.1, -0.05) is 15.9 Å². The molecule has 1 heterocycles. The third kappa shape index (κ3) is 2.80. The molecule has 1 aromatic rings. The predicted molar refractivity (Wildman–Crippen MR) is 78.1 cm³/mol.